The van der Waals surface area contributed by atoms with Crippen LogP contribution in [0.3, 0.4) is 0 Å². The Balaban J connectivity index is 2.22. The molecule has 5 nitrogen and oxygen atoms in total. The molecule has 26 heavy (non-hydrogen) atoms. The first-order valence-electron chi connectivity index (χ1n) is 8.18. The summed E-state index contributed by atoms with van der Waals surface area (Å²) in [6, 6.07) is 13.0. The van der Waals surface area contributed by atoms with Gasteiger partial charge in [-0.2, -0.15) is 0 Å². The number of Topliss-reactive ketones (excluding diaryl/α,β-unsaturated/α-hetero) is 1. The Labute approximate surface area is 150 Å². The van der Waals surface area contributed by atoms with Crippen LogP contribution in [0.1, 0.15) is 24.1 Å². The molecule has 1 saturated heterocycles. The molecule has 0 spiro atoms. The molecule has 1 amide bonds. The van der Waals surface area contributed by atoms with Crippen molar-refractivity contribution in [2.45, 2.75) is 19.1 Å². The first-order chi connectivity index (χ1) is 12.4. The third kappa shape index (κ3) is 3.11. The lowest BCUT2D eigenvalue weighted by Crippen LogP contribution is -2.35. The lowest BCUT2D eigenvalue weighted by molar-refractivity contribution is -0.140. The second-order valence-corrected chi connectivity index (χ2v) is 6.19. The van der Waals surface area contributed by atoms with Crippen molar-refractivity contribution in [2.24, 2.45) is 0 Å². The minimum absolute atomic E-state index is 0.0878. The highest BCUT2D eigenvalue weighted by molar-refractivity contribution is 6.46. The van der Waals surface area contributed by atoms with Crippen LogP contribution in [0.2, 0.25) is 0 Å². The largest absolute Gasteiger partial charge is 0.507 e. The Kier molecular flexibility index (Phi) is 4.86. The first kappa shape index (κ1) is 17.8. The van der Waals surface area contributed by atoms with Crippen LogP contribution < -0.4 is 0 Å². The fourth-order valence-electron chi connectivity index (χ4n) is 3.12. The van der Waals surface area contributed by atoms with Gasteiger partial charge in [0.15, 0.2) is 0 Å². The third-order valence-electron chi connectivity index (χ3n) is 4.25. The van der Waals surface area contributed by atoms with E-state index in [4.69, 9.17) is 0 Å². The van der Waals surface area contributed by atoms with Gasteiger partial charge >= 0.3 is 0 Å². The van der Waals surface area contributed by atoms with E-state index in [1.165, 1.54) is 25.1 Å². The van der Waals surface area contributed by atoms with Crippen molar-refractivity contribution >= 4 is 17.4 Å². The summed E-state index contributed by atoms with van der Waals surface area (Å²) in [6.07, 6.45) is -0.917. The number of β-amino-alcohol motifs (C(OH)–C–C–N with tert-alkyl or cyclic N) is 1. The van der Waals surface area contributed by atoms with Crippen LogP contribution in [0, 0.1) is 5.82 Å². The number of amides is 1. The Bertz CT molecular complexity index is 876. The van der Waals surface area contributed by atoms with Crippen LogP contribution in [0.15, 0.2) is 60.2 Å². The lowest BCUT2D eigenvalue weighted by atomic mass is 9.95. The van der Waals surface area contributed by atoms with E-state index in [1.54, 1.807) is 36.4 Å². The lowest BCUT2D eigenvalue weighted by Gasteiger charge is -2.26. The molecule has 2 N–H and O–H groups in total. The number of benzene rings is 2. The van der Waals surface area contributed by atoms with Crippen molar-refractivity contribution in [3.63, 3.8) is 0 Å². The van der Waals surface area contributed by atoms with Gasteiger partial charge < -0.3 is 15.1 Å². The SMILES string of the molecule is C[C@@H](O)CN1C(=O)C(=O)C(=C(O)c2ccccc2)[C@@H]1c1ccccc1F. The van der Waals surface area contributed by atoms with Crippen LogP contribution in [0.4, 0.5) is 4.39 Å². The molecule has 0 bridgehead atoms. The minimum atomic E-state index is -1.11. The molecule has 6 heteroatoms. The molecule has 2 aromatic rings. The minimum Gasteiger partial charge on any atom is -0.507 e. The molecule has 0 aliphatic carbocycles. The molecule has 134 valence electrons. The summed E-state index contributed by atoms with van der Waals surface area (Å²) < 4.78 is 14.4. The quantitative estimate of drug-likeness (QED) is 0.502. The summed E-state index contributed by atoms with van der Waals surface area (Å²) in [5, 5.41) is 20.4. The number of ketones is 1. The third-order valence-corrected chi connectivity index (χ3v) is 4.25. The second kappa shape index (κ2) is 7.09. The summed E-state index contributed by atoms with van der Waals surface area (Å²) in [7, 11) is 0. The van der Waals surface area contributed by atoms with E-state index in [0.29, 0.717) is 5.56 Å². The molecule has 0 aromatic heterocycles. The monoisotopic (exact) mass is 355 g/mol. The molecule has 1 fully saturated rings. The molecule has 1 aliphatic heterocycles. The van der Waals surface area contributed by atoms with E-state index in [1.807, 2.05) is 0 Å². The maximum Gasteiger partial charge on any atom is 0.295 e. The Hall–Kier alpha value is -2.99. The van der Waals surface area contributed by atoms with Gasteiger partial charge in [-0.1, -0.05) is 48.5 Å². The van der Waals surface area contributed by atoms with Gasteiger partial charge in [-0.3, -0.25) is 9.59 Å². The highest BCUT2D eigenvalue weighted by Crippen LogP contribution is 2.40. The van der Waals surface area contributed by atoms with Gasteiger partial charge in [0.25, 0.3) is 11.7 Å². The Morgan fingerprint density at radius 2 is 1.73 bits per heavy atom. The number of nitrogens with zero attached hydrogens (tertiary/aromatic N) is 1. The van der Waals surface area contributed by atoms with Gasteiger partial charge in [0, 0.05) is 17.7 Å². The zero-order valence-electron chi connectivity index (χ0n) is 14.1. The molecule has 1 heterocycles. The fraction of sp³-hybridized carbons (Fsp3) is 0.200. The average Bonchev–Trinajstić information content (AvgIpc) is 2.87. The standard InChI is InChI=1S/C20H18FNO4/c1-12(23)11-22-17(14-9-5-6-10-15(14)21)16(19(25)20(22)26)18(24)13-7-3-2-4-8-13/h2-10,12,17,23-24H,11H2,1H3/t12-,17+/m1/s1. The summed E-state index contributed by atoms with van der Waals surface area (Å²) in [4.78, 5) is 26.2. The van der Waals surface area contributed by atoms with Gasteiger partial charge in [0.2, 0.25) is 0 Å². The average molecular weight is 355 g/mol. The number of hydrogen-bond donors (Lipinski definition) is 2. The van der Waals surface area contributed by atoms with E-state index >= 15 is 0 Å². The van der Waals surface area contributed by atoms with Crippen LogP contribution in [-0.4, -0.2) is 39.5 Å². The van der Waals surface area contributed by atoms with E-state index in [-0.39, 0.29) is 23.4 Å². The van der Waals surface area contributed by atoms with Crippen LogP contribution in [0.25, 0.3) is 5.76 Å². The van der Waals surface area contributed by atoms with Crippen molar-refractivity contribution in [3.8, 4) is 0 Å². The highest BCUT2D eigenvalue weighted by Gasteiger charge is 2.47. The van der Waals surface area contributed by atoms with Gasteiger partial charge in [-0.05, 0) is 13.0 Å². The zero-order chi connectivity index (χ0) is 18.8. The summed E-state index contributed by atoms with van der Waals surface area (Å²) in [6.45, 7) is 1.31. The van der Waals surface area contributed by atoms with Crippen molar-refractivity contribution in [1.82, 2.24) is 4.90 Å². The smallest absolute Gasteiger partial charge is 0.295 e. The van der Waals surface area contributed by atoms with E-state index < -0.39 is 29.7 Å². The number of likely N-dealkylation sites (tertiary alicyclic amines) is 1. The first-order valence-corrected chi connectivity index (χ1v) is 8.18. The van der Waals surface area contributed by atoms with Crippen molar-refractivity contribution in [3.05, 3.63) is 77.1 Å². The molecule has 0 unspecified atom stereocenters. The maximum atomic E-state index is 14.4. The van der Waals surface area contributed by atoms with Gasteiger partial charge in [0.1, 0.15) is 11.6 Å². The van der Waals surface area contributed by atoms with Crippen molar-refractivity contribution in [2.75, 3.05) is 6.54 Å². The van der Waals surface area contributed by atoms with E-state index in [9.17, 15) is 24.2 Å². The number of carbonyl (C=O) groups is 2. The summed E-state index contributed by atoms with van der Waals surface area (Å²) in [5.41, 5.74) is 0.251. The molecule has 3 rings (SSSR count). The number of rotatable bonds is 4. The number of aliphatic hydroxyl groups is 2. The van der Waals surface area contributed by atoms with E-state index in [2.05, 4.69) is 0 Å². The second-order valence-electron chi connectivity index (χ2n) is 6.19. The van der Waals surface area contributed by atoms with Crippen LogP contribution in [-0.2, 0) is 9.59 Å². The van der Waals surface area contributed by atoms with Crippen LogP contribution >= 0.6 is 0 Å². The molecule has 2 atom stereocenters. The Morgan fingerprint density at radius 3 is 2.35 bits per heavy atom. The predicted octanol–water partition coefficient (Wildman–Crippen LogP) is 2.63. The highest BCUT2D eigenvalue weighted by atomic mass is 19.1. The normalized spacial score (nSPS) is 20.4. The van der Waals surface area contributed by atoms with Gasteiger partial charge in [-0.25, -0.2) is 4.39 Å². The molecule has 1 aliphatic rings. The molecular weight excluding hydrogens is 337 g/mol. The molecule has 0 saturated carbocycles. The number of carbonyl (C=O) groups excluding carboxylic acids is 2. The topological polar surface area (TPSA) is 77.8 Å². The molecule has 2 aromatic carbocycles. The Morgan fingerprint density at radius 1 is 1.12 bits per heavy atom. The van der Waals surface area contributed by atoms with Gasteiger partial charge in [-0.15, -0.1) is 0 Å². The molecule has 0 radical (unpaired) electrons. The number of hydrogen-bond acceptors (Lipinski definition) is 4. The summed E-state index contributed by atoms with van der Waals surface area (Å²) >= 11 is 0. The van der Waals surface area contributed by atoms with Crippen molar-refractivity contribution < 1.29 is 24.2 Å². The summed E-state index contributed by atoms with van der Waals surface area (Å²) in [5.74, 6) is -2.75. The maximum absolute atomic E-state index is 14.4. The van der Waals surface area contributed by atoms with E-state index in [0.717, 1.165) is 4.90 Å². The zero-order valence-corrected chi connectivity index (χ0v) is 14.1. The van der Waals surface area contributed by atoms with Crippen molar-refractivity contribution in [1.29, 1.82) is 0 Å². The molecular formula is C20H18FNO4. The fourth-order valence-corrected chi connectivity index (χ4v) is 3.12. The predicted molar refractivity (Wildman–Crippen MR) is 93.5 cm³/mol. The number of aliphatic hydroxyl groups excluding tert-OH is 2. The van der Waals surface area contributed by atoms with Gasteiger partial charge in [0.05, 0.1) is 17.7 Å². The van der Waals surface area contributed by atoms with Crippen LogP contribution in [0.5, 0.6) is 0 Å². The number of halogens is 1.